The second-order valence-corrected chi connectivity index (χ2v) is 14.4. The molecule has 1 fully saturated rings. The normalized spacial score (nSPS) is 35.4. The first kappa shape index (κ1) is 18.8. The summed E-state index contributed by atoms with van der Waals surface area (Å²) in [6.45, 7) is 13.4. The highest BCUT2D eigenvalue weighted by molar-refractivity contribution is 6.74. The Labute approximate surface area is 153 Å². The molecule has 0 aromatic rings. The first-order valence-electron chi connectivity index (χ1n) is 9.63. The number of Topliss-reactive ketones (excluding diaryl/α,β-unsaturated/α-hetero) is 1. The molecule has 4 atom stereocenters. The monoisotopic (exact) mass is 360 g/mol. The molecule has 0 heterocycles. The van der Waals surface area contributed by atoms with Crippen molar-refractivity contribution in [3.63, 3.8) is 0 Å². The summed E-state index contributed by atoms with van der Waals surface area (Å²) in [6, 6.07) is 0. The molecule has 3 nitrogen and oxygen atoms in total. The standard InChI is InChI=1S/C21H32O3Si/c1-7-21-11-10-15-16(8-9-17(15)23)19(21)18(12-14(22)13-21)24-25(5,6)20(2,3)4/h8-10,16,18-19H,7,11-13H2,1-6H3/t16-,18-,19-,21+/m0/s1. The van der Waals surface area contributed by atoms with Gasteiger partial charge in [0.25, 0.3) is 0 Å². The summed E-state index contributed by atoms with van der Waals surface area (Å²) in [5, 5.41) is 0.108. The number of carbonyl (C=O) groups is 2. The van der Waals surface area contributed by atoms with Gasteiger partial charge in [-0.3, -0.25) is 9.59 Å². The lowest BCUT2D eigenvalue weighted by atomic mass is 9.54. The zero-order valence-electron chi connectivity index (χ0n) is 16.5. The van der Waals surface area contributed by atoms with Crippen molar-refractivity contribution in [2.45, 2.75) is 77.6 Å². The van der Waals surface area contributed by atoms with Crippen LogP contribution in [0, 0.1) is 17.3 Å². The van der Waals surface area contributed by atoms with Gasteiger partial charge in [-0.15, -0.1) is 0 Å². The molecule has 0 N–H and O–H groups in total. The first-order chi connectivity index (χ1) is 11.5. The molecule has 0 unspecified atom stereocenters. The van der Waals surface area contributed by atoms with E-state index >= 15 is 0 Å². The fourth-order valence-corrected chi connectivity index (χ4v) is 6.08. The van der Waals surface area contributed by atoms with Crippen molar-refractivity contribution in [3.8, 4) is 0 Å². The summed E-state index contributed by atoms with van der Waals surface area (Å²) < 4.78 is 6.80. The summed E-state index contributed by atoms with van der Waals surface area (Å²) in [7, 11) is -1.99. The van der Waals surface area contributed by atoms with E-state index in [-0.39, 0.29) is 34.2 Å². The van der Waals surface area contributed by atoms with Gasteiger partial charge in [0.15, 0.2) is 14.1 Å². The fourth-order valence-electron chi connectivity index (χ4n) is 4.74. The topological polar surface area (TPSA) is 43.4 Å². The third-order valence-electron chi connectivity index (χ3n) is 7.26. The molecule has 0 aliphatic heterocycles. The SMILES string of the molecule is CC[C@]12CC=C3C(=O)C=C[C@@H]3[C@H]1[C@@H](O[Si](C)(C)C(C)(C)C)CC(=O)C2. The lowest BCUT2D eigenvalue weighted by Crippen LogP contribution is -2.55. The third-order valence-corrected chi connectivity index (χ3v) is 11.8. The van der Waals surface area contributed by atoms with Crippen LogP contribution in [-0.4, -0.2) is 26.0 Å². The fraction of sp³-hybridized carbons (Fsp3) is 0.714. The van der Waals surface area contributed by atoms with Crippen molar-refractivity contribution in [2.24, 2.45) is 17.3 Å². The Hall–Kier alpha value is -1.00. The van der Waals surface area contributed by atoms with Gasteiger partial charge >= 0.3 is 0 Å². The van der Waals surface area contributed by atoms with Gasteiger partial charge in [0.2, 0.25) is 0 Å². The van der Waals surface area contributed by atoms with Gasteiger partial charge in [-0.1, -0.05) is 39.8 Å². The van der Waals surface area contributed by atoms with Gasteiger partial charge in [-0.05, 0) is 42.5 Å². The molecular formula is C21H32O3Si. The molecule has 0 bridgehead atoms. The van der Waals surface area contributed by atoms with E-state index in [0.717, 1.165) is 18.4 Å². The van der Waals surface area contributed by atoms with Crippen LogP contribution in [0.15, 0.2) is 23.8 Å². The number of hydrogen-bond donors (Lipinski definition) is 0. The van der Waals surface area contributed by atoms with Crippen LogP contribution in [0.2, 0.25) is 18.1 Å². The smallest absolute Gasteiger partial charge is 0.192 e. The Morgan fingerprint density at radius 3 is 2.56 bits per heavy atom. The molecule has 3 aliphatic carbocycles. The van der Waals surface area contributed by atoms with Crippen LogP contribution in [0.5, 0.6) is 0 Å². The van der Waals surface area contributed by atoms with Crippen LogP contribution >= 0.6 is 0 Å². The minimum absolute atomic E-state index is 0.0501. The third kappa shape index (κ3) is 3.01. The van der Waals surface area contributed by atoms with Crippen LogP contribution in [-0.2, 0) is 14.0 Å². The molecule has 25 heavy (non-hydrogen) atoms. The Morgan fingerprint density at radius 2 is 1.96 bits per heavy atom. The molecule has 3 aliphatic rings. The van der Waals surface area contributed by atoms with Crippen molar-refractivity contribution in [1.29, 1.82) is 0 Å². The largest absolute Gasteiger partial charge is 0.413 e. The van der Waals surface area contributed by atoms with Crippen LogP contribution < -0.4 is 0 Å². The van der Waals surface area contributed by atoms with Gasteiger partial charge in [0.05, 0.1) is 6.10 Å². The summed E-state index contributed by atoms with van der Waals surface area (Å²) in [6.07, 6.45) is 8.77. The lowest BCUT2D eigenvalue weighted by Gasteiger charge is -2.54. The maximum absolute atomic E-state index is 12.6. The highest BCUT2D eigenvalue weighted by atomic mass is 28.4. The number of ketones is 2. The van der Waals surface area contributed by atoms with Gasteiger partial charge in [-0.2, -0.15) is 0 Å². The number of hydrogen-bond acceptors (Lipinski definition) is 3. The van der Waals surface area contributed by atoms with E-state index < -0.39 is 8.32 Å². The van der Waals surface area contributed by atoms with E-state index in [1.807, 2.05) is 0 Å². The maximum Gasteiger partial charge on any atom is 0.192 e. The summed E-state index contributed by atoms with van der Waals surface area (Å²) >= 11 is 0. The second-order valence-electron chi connectivity index (χ2n) is 9.69. The van der Waals surface area contributed by atoms with E-state index in [4.69, 9.17) is 4.43 Å². The summed E-state index contributed by atoms with van der Waals surface area (Å²) in [5.41, 5.74) is 0.887. The van der Waals surface area contributed by atoms with Crippen LogP contribution in [0.25, 0.3) is 0 Å². The van der Waals surface area contributed by atoms with E-state index in [1.165, 1.54) is 0 Å². The molecule has 0 aromatic carbocycles. The van der Waals surface area contributed by atoms with Crippen molar-refractivity contribution in [3.05, 3.63) is 23.8 Å². The zero-order chi connectivity index (χ0) is 18.6. The van der Waals surface area contributed by atoms with Crippen molar-refractivity contribution in [1.82, 2.24) is 0 Å². The number of fused-ring (bicyclic) bond motifs is 3. The van der Waals surface area contributed by atoms with Crippen molar-refractivity contribution >= 4 is 19.9 Å². The predicted octanol–water partition coefficient (Wildman–Crippen LogP) is 4.84. The molecule has 4 heteroatoms. The first-order valence-corrected chi connectivity index (χ1v) is 12.5. The van der Waals surface area contributed by atoms with E-state index in [1.54, 1.807) is 6.08 Å². The van der Waals surface area contributed by atoms with Crippen LogP contribution in [0.4, 0.5) is 0 Å². The minimum atomic E-state index is -1.99. The van der Waals surface area contributed by atoms with E-state index in [9.17, 15) is 9.59 Å². The Balaban J connectivity index is 2.01. The molecule has 1 saturated carbocycles. The summed E-state index contributed by atoms with van der Waals surface area (Å²) in [5.74, 6) is 0.848. The lowest BCUT2D eigenvalue weighted by molar-refractivity contribution is -0.135. The zero-order valence-corrected chi connectivity index (χ0v) is 17.5. The molecule has 0 spiro atoms. The summed E-state index contributed by atoms with van der Waals surface area (Å²) in [4.78, 5) is 24.9. The average Bonchev–Trinajstić information content (AvgIpc) is 2.86. The molecule has 0 aromatic heterocycles. The highest BCUT2D eigenvalue weighted by Crippen LogP contribution is 2.56. The molecular weight excluding hydrogens is 328 g/mol. The highest BCUT2D eigenvalue weighted by Gasteiger charge is 2.55. The van der Waals surface area contributed by atoms with Crippen LogP contribution in [0.3, 0.4) is 0 Å². The Morgan fingerprint density at radius 1 is 1.28 bits per heavy atom. The van der Waals surface area contributed by atoms with Gasteiger partial charge in [-0.25, -0.2) is 0 Å². The number of rotatable bonds is 3. The van der Waals surface area contributed by atoms with Crippen molar-refractivity contribution in [2.75, 3.05) is 0 Å². The minimum Gasteiger partial charge on any atom is -0.413 e. The van der Waals surface area contributed by atoms with Crippen LogP contribution in [0.1, 0.15) is 53.4 Å². The molecule has 138 valence electrons. The van der Waals surface area contributed by atoms with E-state index in [0.29, 0.717) is 18.6 Å². The Kier molecular flexibility index (Phi) is 4.52. The Bertz CT molecular complexity index is 653. The van der Waals surface area contributed by atoms with Gasteiger partial charge < -0.3 is 4.43 Å². The predicted molar refractivity (Wildman–Crippen MR) is 103 cm³/mol. The quantitative estimate of drug-likeness (QED) is 0.677. The van der Waals surface area contributed by atoms with Gasteiger partial charge in [0.1, 0.15) is 5.78 Å². The van der Waals surface area contributed by atoms with Gasteiger partial charge in [0, 0.05) is 30.3 Å². The van der Waals surface area contributed by atoms with Crippen molar-refractivity contribution < 1.29 is 14.0 Å². The molecule has 3 rings (SSSR count). The molecule has 0 radical (unpaired) electrons. The molecule has 0 amide bonds. The maximum atomic E-state index is 12.6. The molecule has 0 saturated heterocycles. The second kappa shape index (κ2) is 6.02. The number of carbonyl (C=O) groups excluding carboxylic acids is 2. The average molecular weight is 361 g/mol. The number of allylic oxidation sites excluding steroid dienone is 4. The van der Waals surface area contributed by atoms with E-state index in [2.05, 4.69) is 52.9 Å².